The first kappa shape index (κ1) is 13.5. The molecule has 0 radical (unpaired) electrons. The lowest BCUT2D eigenvalue weighted by atomic mass is 10.1. The number of hydrogen-bond acceptors (Lipinski definition) is 3. The number of hydrogen-bond donors (Lipinski definition) is 1. The highest BCUT2D eigenvalue weighted by molar-refractivity contribution is 9.10. The lowest BCUT2D eigenvalue weighted by Gasteiger charge is -2.27. The molecule has 0 saturated heterocycles. The summed E-state index contributed by atoms with van der Waals surface area (Å²) in [5.74, 6) is 0.867. The molecule has 4 heteroatoms. The summed E-state index contributed by atoms with van der Waals surface area (Å²) in [6, 6.07) is 2.35. The first-order valence-corrected chi connectivity index (χ1v) is 6.37. The Labute approximate surface area is 106 Å². The average molecular weight is 287 g/mol. The summed E-state index contributed by atoms with van der Waals surface area (Å²) >= 11 is 3.36. The number of aliphatic hydroxyl groups excluding tert-OH is 1. The minimum absolute atomic E-state index is 0.0188. The molecular formula is C12H19BrN2O. The van der Waals surface area contributed by atoms with Gasteiger partial charge in [0.15, 0.2) is 0 Å². The van der Waals surface area contributed by atoms with Gasteiger partial charge in [-0.25, -0.2) is 4.98 Å². The molecule has 0 spiro atoms. The second-order valence-corrected chi connectivity index (χ2v) is 4.96. The third kappa shape index (κ3) is 3.19. The molecule has 1 aromatic heterocycles. The second-order valence-electron chi connectivity index (χ2n) is 4.04. The normalized spacial score (nSPS) is 12.6. The van der Waals surface area contributed by atoms with Crippen molar-refractivity contribution >= 4 is 21.7 Å². The standard InChI is InChI=1S/C12H19BrN2O/c1-4-5-9(2)15(3)12-10(8-16)6-11(13)7-14-12/h6-7,9,16H,4-5,8H2,1-3H3. The van der Waals surface area contributed by atoms with Crippen LogP contribution in [0.4, 0.5) is 5.82 Å². The van der Waals surface area contributed by atoms with Crippen LogP contribution in [0.2, 0.25) is 0 Å². The fourth-order valence-electron chi connectivity index (χ4n) is 1.73. The Balaban J connectivity index is 2.93. The molecule has 90 valence electrons. The topological polar surface area (TPSA) is 36.4 Å². The van der Waals surface area contributed by atoms with E-state index in [9.17, 15) is 5.11 Å². The number of anilines is 1. The van der Waals surface area contributed by atoms with Crippen LogP contribution in [0, 0.1) is 0 Å². The van der Waals surface area contributed by atoms with Gasteiger partial charge in [-0.1, -0.05) is 13.3 Å². The van der Waals surface area contributed by atoms with Crippen molar-refractivity contribution in [2.75, 3.05) is 11.9 Å². The van der Waals surface area contributed by atoms with E-state index < -0.39 is 0 Å². The molecule has 0 aliphatic carbocycles. The molecular weight excluding hydrogens is 268 g/mol. The van der Waals surface area contributed by atoms with Gasteiger partial charge in [-0.05, 0) is 35.3 Å². The van der Waals surface area contributed by atoms with Gasteiger partial charge in [0.1, 0.15) is 5.82 Å². The molecule has 0 aliphatic heterocycles. The third-order valence-corrected chi connectivity index (χ3v) is 3.22. The number of halogens is 1. The summed E-state index contributed by atoms with van der Waals surface area (Å²) in [7, 11) is 2.02. The first-order chi connectivity index (χ1) is 7.60. The van der Waals surface area contributed by atoms with E-state index in [0.29, 0.717) is 6.04 Å². The van der Waals surface area contributed by atoms with Crippen LogP contribution in [0.3, 0.4) is 0 Å². The van der Waals surface area contributed by atoms with Gasteiger partial charge in [0.05, 0.1) is 6.61 Å². The van der Waals surface area contributed by atoms with Crippen molar-refractivity contribution in [2.24, 2.45) is 0 Å². The summed E-state index contributed by atoms with van der Waals surface area (Å²) in [5.41, 5.74) is 0.861. The molecule has 0 fully saturated rings. The predicted octanol–water partition coefficient (Wildman–Crippen LogP) is 2.96. The van der Waals surface area contributed by atoms with E-state index >= 15 is 0 Å². The SMILES string of the molecule is CCCC(C)N(C)c1ncc(Br)cc1CO. The molecule has 0 saturated carbocycles. The minimum atomic E-state index is 0.0188. The molecule has 16 heavy (non-hydrogen) atoms. The minimum Gasteiger partial charge on any atom is -0.392 e. The zero-order chi connectivity index (χ0) is 12.1. The van der Waals surface area contributed by atoms with E-state index in [4.69, 9.17) is 0 Å². The first-order valence-electron chi connectivity index (χ1n) is 5.58. The van der Waals surface area contributed by atoms with Crippen molar-refractivity contribution in [1.29, 1.82) is 0 Å². The number of aromatic nitrogens is 1. The van der Waals surface area contributed by atoms with Crippen LogP contribution in [0.15, 0.2) is 16.7 Å². The van der Waals surface area contributed by atoms with Crippen LogP contribution in [-0.4, -0.2) is 23.2 Å². The quantitative estimate of drug-likeness (QED) is 0.904. The van der Waals surface area contributed by atoms with Crippen LogP contribution in [0.5, 0.6) is 0 Å². The van der Waals surface area contributed by atoms with Crippen LogP contribution in [-0.2, 0) is 6.61 Å². The van der Waals surface area contributed by atoms with Crippen LogP contribution in [0.25, 0.3) is 0 Å². The molecule has 3 nitrogen and oxygen atoms in total. The Bertz CT molecular complexity index is 344. The molecule has 1 heterocycles. The molecule has 1 unspecified atom stereocenters. The highest BCUT2D eigenvalue weighted by atomic mass is 79.9. The van der Waals surface area contributed by atoms with E-state index in [-0.39, 0.29) is 6.61 Å². The number of pyridine rings is 1. The Morgan fingerprint density at radius 2 is 2.25 bits per heavy atom. The summed E-state index contributed by atoms with van der Waals surface area (Å²) in [5, 5.41) is 9.32. The van der Waals surface area contributed by atoms with Gasteiger partial charge in [0.25, 0.3) is 0 Å². The van der Waals surface area contributed by atoms with Crippen molar-refractivity contribution in [3.8, 4) is 0 Å². The number of rotatable bonds is 5. The number of nitrogens with zero attached hydrogens (tertiary/aromatic N) is 2. The molecule has 1 atom stereocenters. The summed E-state index contributed by atoms with van der Waals surface area (Å²) < 4.78 is 0.900. The Morgan fingerprint density at radius 3 is 2.81 bits per heavy atom. The van der Waals surface area contributed by atoms with Crippen molar-refractivity contribution < 1.29 is 5.11 Å². The van der Waals surface area contributed by atoms with Gasteiger partial charge in [0.2, 0.25) is 0 Å². The van der Waals surface area contributed by atoms with Gasteiger partial charge in [-0.3, -0.25) is 0 Å². The smallest absolute Gasteiger partial charge is 0.134 e. The second kappa shape index (κ2) is 6.21. The molecule has 1 N–H and O–H groups in total. The summed E-state index contributed by atoms with van der Waals surface area (Å²) in [4.78, 5) is 6.50. The van der Waals surface area contributed by atoms with Gasteiger partial charge in [-0.15, -0.1) is 0 Å². The highest BCUT2D eigenvalue weighted by Gasteiger charge is 2.14. The Kier molecular flexibility index (Phi) is 5.22. The summed E-state index contributed by atoms with van der Waals surface area (Å²) in [6.45, 7) is 4.37. The molecule has 0 bridgehead atoms. The fraction of sp³-hybridized carbons (Fsp3) is 0.583. The van der Waals surface area contributed by atoms with E-state index in [2.05, 4.69) is 39.7 Å². The lowest BCUT2D eigenvalue weighted by molar-refractivity contribution is 0.281. The van der Waals surface area contributed by atoms with E-state index in [1.807, 2.05) is 13.1 Å². The Hall–Kier alpha value is -0.610. The van der Waals surface area contributed by atoms with Gasteiger partial charge >= 0.3 is 0 Å². The maximum absolute atomic E-state index is 9.32. The highest BCUT2D eigenvalue weighted by Crippen LogP contribution is 2.23. The van der Waals surface area contributed by atoms with Gasteiger partial charge in [-0.2, -0.15) is 0 Å². The van der Waals surface area contributed by atoms with E-state index in [0.717, 1.165) is 28.7 Å². The van der Waals surface area contributed by atoms with Crippen molar-refractivity contribution in [2.45, 2.75) is 39.3 Å². The lowest BCUT2D eigenvalue weighted by Crippen LogP contribution is -2.30. The third-order valence-electron chi connectivity index (χ3n) is 2.78. The average Bonchev–Trinajstić information content (AvgIpc) is 2.28. The maximum atomic E-state index is 9.32. The summed E-state index contributed by atoms with van der Waals surface area (Å²) in [6.07, 6.45) is 4.04. The molecule has 0 amide bonds. The zero-order valence-corrected chi connectivity index (χ0v) is 11.7. The molecule has 0 aliphatic rings. The molecule has 1 aromatic rings. The van der Waals surface area contributed by atoms with E-state index in [1.165, 1.54) is 0 Å². The van der Waals surface area contributed by atoms with Crippen molar-refractivity contribution in [1.82, 2.24) is 4.98 Å². The Morgan fingerprint density at radius 1 is 1.56 bits per heavy atom. The van der Waals surface area contributed by atoms with Crippen LogP contribution in [0.1, 0.15) is 32.3 Å². The van der Waals surface area contributed by atoms with Crippen molar-refractivity contribution in [3.63, 3.8) is 0 Å². The largest absolute Gasteiger partial charge is 0.392 e. The van der Waals surface area contributed by atoms with E-state index in [1.54, 1.807) is 6.20 Å². The monoisotopic (exact) mass is 286 g/mol. The predicted molar refractivity (Wildman–Crippen MR) is 70.6 cm³/mol. The number of aliphatic hydroxyl groups is 1. The zero-order valence-electron chi connectivity index (χ0n) is 10.1. The molecule has 0 aromatic carbocycles. The van der Waals surface area contributed by atoms with Crippen LogP contribution < -0.4 is 4.90 Å². The maximum Gasteiger partial charge on any atom is 0.134 e. The fourth-order valence-corrected chi connectivity index (χ4v) is 2.11. The van der Waals surface area contributed by atoms with Gasteiger partial charge < -0.3 is 10.0 Å². The van der Waals surface area contributed by atoms with Crippen LogP contribution >= 0.6 is 15.9 Å². The van der Waals surface area contributed by atoms with Gasteiger partial charge in [0, 0.05) is 29.3 Å². The molecule has 1 rings (SSSR count). The van der Waals surface area contributed by atoms with Crippen molar-refractivity contribution in [3.05, 3.63) is 22.3 Å².